The molecule has 0 fully saturated rings. The predicted octanol–water partition coefficient (Wildman–Crippen LogP) is 18.1. The molecule has 0 rings (SSSR count). The lowest BCUT2D eigenvalue weighted by Crippen LogP contribution is -2.30. The van der Waals surface area contributed by atoms with Gasteiger partial charge < -0.3 is 24.2 Å². The topological polar surface area (TPSA) is 155 Å². The van der Waals surface area contributed by atoms with Gasteiger partial charge in [0, 0.05) is 12.8 Å². The summed E-state index contributed by atoms with van der Waals surface area (Å²) in [4.78, 5) is 48.6. The molecule has 0 aromatic heterocycles. The maximum Gasteiger partial charge on any atom is 0.472 e. The average Bonchev–Trinajstić information content (AvgIpc) is 3.43. The standard InChI is InChI=1S/C66H107O11P/c1-4-7-10-13-16-19-22-25-28-30-31-33-36-39-42-45-48-51-54-57-66(70)77-63(59-73-64(68)55-52-49-46-43-40-37-34-27-24-21-18-15-12-9-6-3)61-75-78(71,72)74-60-62(58-67)76-65(69)56-53-50-47-44-41-38-35-32-29-26-23-20-17-14-11-8-5-2/h7,9-10,12,16-21,25-29,31,33-34,40,43,49,52,62-63,67H,4-6,8,11,13-15,22-24,30,32,35-39,41-42,44-48,50-51,53-61H2,1-3H3,(H,71,72)/b10-7-,12-9-,19-16-,20-17-,21-18-,28-25-,29-26-,33-31-,34-27-,43-40-,52-49-. The van der Waals surface area contributed by atoms with E-state index in [0.717, 1.165) is 128 Å². The molecule has 0 heterocycles. The largest absolute Gasteiger partial charge is 0.472 e. The van der Waals surface area contributed by atoms with Crippen molar-refractivity contribution in [3.05, 3.63) is 134 Å². The van der Waals surface area contributed by atoms with Gasteiger partial charge in [-0.25, -0.2) is 4.57 Å². The molecule has 3 atom stereocenters. The number of phosphoric acid groups is 1. The summed E-state index contributed by atoms with van der Waals surface area (Å²) in [5.74, 6) is -1.65. The van der Waals surface area contributed by atoms with Gasteiger partial charge in [0.1, 0.15) is 12.7 Å². The number of rotatable bonds is 54. The van der Waals surface area contributed by atoms with Gasteiger partial charge in [0.25, 0.3) is 0 Å². The van der Waals surface area contributed by atoms with Gasteiger partial charge in [-0.3, -0.25) is 23.4 Å². The van der Waals surface area contributed by atoms with Crippen molar-refractivity contribution in [1.82, 2.24) is 0 Å². The third kappa shape index (κ3) is 56.3. The lowest BCUT2D eigenvalue weighted by molar-refractivity contribution is -0.161. The second kappa shape index (κ2) is 58.8. The van der Waals surface area contributed by atoms with Crippen LogP contribution in [0.4, 0.5) is 0 Å². The fourth-order valence-corrected chi connectivity index (χ4v) is 8.35. The number of aliphatic hydroxyl groups excluding tert-OH is 1. The lowest BCUT2D eigenvalue weighted by Gasteiger charge is -2.21. The second-order valence-corrected chi connectivity index (χ2v) is 20.9. The Morgan fingerprint density at radius 2 is 0.705 bits per heavy atom. The van der Waals surface area contributed by atoms with Gasteiger partial charge in [0.2, 0.25) is 0 Å². The molecule has 0 aliphatic rings. The minimum atomic E-state index is -4.79. The molecular weight excluding hydrogens is 1000 g/mol. The minimum absolute atomic E-state index is 0.0163. The molecule has 0 saturated heterocycles. The highest BCUT2D eigenvalue weighted by molar-refractivity contribution is 7.47. The van der Waals surface area contributed by atoms with Crippen molar-refractivity contribution < 1.29 is 52.2 Å². The van der Waals surface area contributed by atoms with E-state index in [-0.39, 0.29) is 19.3 Å². The first-order valence-electron chi connectivity index (χ1n) is 30.1. The molecule has 78 heavy (non-hydrogen) atoms. The van der Waals surface area contributed by atoms with Crippen LogP contribution in [0.2, 0.25) is 0 Å². The van der Waals surface area contributed by atoms with E-state index in [4.69, 9.17) is 23.3 Å². The van der Waals surface area contributed by atoms with Crippen molar-refractivity contribution >= 4 is 25.7 Å². The minimum Gasteiger partial charge on any atom is -0.461 e. The van der Waals surface area contributed by atoms with Crippen LogP contribution in [-0.2, 0) is 42.2 Å². The van der Waals surface area contributed by atoms with E-state index in [0.29, 0.717) is 19.3 Å². The maximum absolute atomic E-state index is 12.9. The first-order valence-corrected chi connectivity index (χ1v) is 31.6. The van der Waals surface area contributed by atoms with Crippen LogP contribution in [0, 0.1) is 0 Å². The van der Waals surface area contributed by atoms with Crippen molar-refractivity contribution in [3.63, 3.8) is 0 Å². The van der Waals surface area contributed by atoms with Crippen molar-refractivity contribution in [2.24, 2.45) is 0 Å². The number of unbranched alkanes of at least 4 members (excludes halogenated alkanes) is 16. The Balaban J connectivity index is 4.84. The van der Waals surface area contributed by atoms with Crippen LogP contribution in [0.15, 0.2) is 134 Å². The number of ether oxygens (including phenoxy) is 3. The molecule has 0 aromatic carbocycles. The SMILES string of the molecule is CC/C=C\C/C=C\C/C=C\C/C=C\C/C=C\CC(=O)OCC(COP(=O)(O)OCC(CO)OC(=O)CCCCCCCCC/C=C\C/C=C\CCCCC)OC(=O)CCCCCCCC/C=C\C/C=C\C/C=C\C/C=C\CC. The van der Waals surface area contributed by atoms with Gasteiger partial charge in [0.05, 0.1) is 26.2 Å². The number of carbonyl (C=O) groups excluding carboxylic acids is 3. The zero-order valence-electron chi connectivity index (χ0n) is 48.8. The summed E-state index contributed by atoms with van der Waals surface area (Å²) in [5.41, 5.74) is 0. The Morgan fingerprint density at radius 3 is 1.09 bits per heavy atom. The summed E-state index contributed by atoms with van der Waals surface area (Å²) >= 11 is 0. The summed E-state index contributed by atoms with van der Waals surface area (Å²) in [6, 6.07) is 0. The summed E-state index contributed by atoms with van der Waals surface area (Å²) in [6.07, 6.45) is 74.3. The summed E-state index contributed by atoms with van der Waals surface area (Å²) in [6.45, 7) is 4.25. The Labute approximate surface area is 474 Å². The lowest BCUT2D eigenvalue weighted by atomic mass is 10.1. The van der Waals surface area contributed by atoms with E-state index >= 15 is 0 Å². The molecule has 442 valence electrons. The van der Waals surface area contributed by atoms with Crippen molar-refractivity contribution in [1.29, 1.82) is 0 Å². The van der Waals surface area contributed by atoms with Gasteiger partial charge in [-0.1, -0.05) is 225 Å². The van der Waals surface area contributed by atoms with Gasteiger partial charge in [0.15, 0.2) is 6.10 Å². The first kappa shape index (κ1) is 73.6. The van der Waals surface area contributed by atoms with Crippen LogP contribution in [0.5, 0.6) is 0 Å². The van der Waals surface area contributed by atoms with Gasteiger partial charge in [-0.15, -0.1) is 0 Å². The summed E-state index contributed by atoms with van der Waals surface area (Å²) in [7, 11) is -4.79. The molecule has 0 aromatic rings. The van der Waals surface area contributed by atoms with Crippen LogP contribution in [0.25, 0.3) is 0 Å². The number of phosphoric ester groups is 1. The number of hydrogen-bond acceptors (Lipinski definition) is 10. The highest BCUT2D eigenvalue weighted by Crippen LogP contribution is 2.43. The number of aliphatic hydroxyl groups is 1. The van der Waals surface area contributed by atoms with Crippen molar-refractivity contribution in [2.75, 3.05) is 26.4 Å². The molecule has 0 radical (unpaired) electrons. The van der Waals surface area contributed by atoms with Crippen LogP contribution < -0.4 is 0 Å². The summed E-state index contributed by atoms with van der Waals surface area (Å²) in [5, 5.41) is 9.84. The van der Waals surface area contributed by atoms with Crippen molar-refractivity contribution in [2.45, 2.75) is 238 Å². The molecule has 0 saturated carbocycles. The monoisotopic (exact) mass is 1110 g/mol. The molecule has 11 nitrogen and oxygen atoms in total. The molecule has 0 amide bonds. The van der Waals surface area contributed by atoms with E-state index in [9.17, 15) is 28.9 Å². The molecule has 0 aliphatic heterocycles. The van der Waals surface area contributed by atoms with Gasteiger partial charge >= 0.3 is 25.7 Å². The van der Waals surface area contributed by atoms with Crippen LogP contribution in [0.1, 0.15) is 226 Å². The smallest absolute Gasteiger partial charge is 0.461 e. The van der Waals surface area contributed by atoms with E-state index in [1.54, 1.807) is 6.08 Å². The zero-order valence-corrected chi connectivity index (χ0v) is 49.7. The number of esters is 3. The number of allylic oxidation sites excluding steroid dienone is 21. The van der Waals surface area contributed by atoms with E-state index < -0.39 is 64.4 Å². The Kier molecular flexibility index (Phi) is 55.5. The van der Waals surface area contributed by atoms with Crippen LogP contribution in [-0.4, -0.2) is 66.5 Å². The van der Waals surface area contributed by atoms with Gasteiger partial charge in [-0.05, 0) is 116 Å². The van der Waals surface area contributed by atoms with E-state index in [1.807, 2.05) is 12.2 Å². The normalized spacial score (nSPS) is 14.3. The average molecular weight is 1110 g/mol. The fourth-order valence-electron chi connectivity index (χ4n) is 7.57. The number of hydrogen-bond donors (Lipinski definition) is 2. The van der Waals surface area contributed by atoms with E-state index in [2.05, 4.69) is 136 Å². The predicted molar refractivity (Wildman–Crippen MR) is 325 cm³/mol. The van der Waals surface area contributed by atoms with Gasteiger partial charge in [-0.2, -0.15) is 0 Å². The Bertz CT molecular complexity index is 1820. The fraction of sp³-hybridized carbons (Fsp3) is 0.621. The van der Waals surface area contributed by atoms with Crippen LogP contribution in [0.3, 0.4) is 0 Å². The quantitative estimate of drug-likeness (QED) is 0.0197. The molecular formula is C66H107O11P. The third-order valence-electron chi connectivity index (χ3n) is 12.1. The first-order chi connectivity index (χ1) is 38.2. The molecule has 0 spiro atoms. The van der Waals surface area contributed by atoms with Crippen molar-refractivity contribution in [3.8, 4) is 0 Å². The second-order valence-electron chi connectivity index (χ2n) is 19.4. The third-order valence-corrected chi connectivity index (χ3v) is 13.0. The van der Waals surface area contributed by atoms with E-state index in [1.165, 1.54) is 38.5 Å². The molecule has 2 N–H and O–H groups in total. The molecule has 0 bridgehead atoms. The number of carbonyl (C=O) groups is 3. The van der Waals surface area contributed by atoms with Crippen LogP contribution >= 0.6 is 7.82 Å². The Morgan fingerprint density at radius 1 is 0.385 bits per heavy atom. The maximum atomic E-state index is 12.9. The molecule has 12 heteroatoms. The highest BCUT2D eigenvalue weighted by atomic mass is 31.2. The summed E-state index contributed by atoms with van der Waals surface area (Å²) < 4.78 is 39.4. The molecule has 0 aliphatic carbocycles. The zero-order chi connectivity index (χ0) is 56.9. The molecule has 3 unspecified atom stereocenters. The highest BCUT2D eigenvalue weighted by Gasteiger charge is 2.28. The Hall–Kier alpha value is -4.38.